The lowest BCUT2D eigenvalue weighted by atomic mass is 9.86. The van der Waals surface area contributed by atoms with Gasteiger partial charge in [0.15, 0.2) is 11.5 Å². The van der Waals surface area contributed by atoms with Crippen LogP contribution in [0.25, 0.3) is 22.1 Å². The Morgan fingerprint density at radius 2 is 1.32 bits per heavy atom. The lowest BCUT2D eigenvalue weighted by molar-refractivity contribution is -0.286. The van der Waals surface area contributed by atoms with Crippen molar-refractivity contribution in [3.63, 3.8) is 0 Å². The maximum atomic E-state index is 13.4. The summed E-state index contributed by atoms with van der Waals surface area (Å²) in [7, 11) is -6.06. The normalized spacial score (nSPS) is 18.1. The fourth-order valence-electron chi connectivity index (χ4n) is 7.53. The van der Waals surface area contributed by atoms with Crippen molar-refractivity contribution in [2.24, 2.45) is 11.8 Å². The van der Waals surface area contributed by atoms with Gasteiger partial charge in [-0.15, -0.1) is 8.78 Å². The van der Waals surface area contributed by atoms with Crippen molar-refractivity contribution >= 4 is 76.7 Å². The van der Waals surface area contributed by atoms with E-state index in [4.69, 9.17) is 11.6 Å². The van der Waals surface area contributed by atoms with Gasteiger partial charge in [-0.1, -0.05) is 11.6 Å². The second kappa shape index (κ2) is 16.8. The van der Waals surface area contributed by atoms with E-state index < -0.39 is 26.0 Å². The number of sulfone groups is 2. The van der Waals surface area contributed by atoms with Gasteiger partial charge in [-0.05, 0) is 74.6 Å². The van der Waals surface area contributed by atoms with Crippen LogP contribution in [-0.2, 0) is 54.9 Å². The standard InChI is InChI=1S/C22H23F2N5O5S.C15H19ClN4O3S/c1-35(31,32)8-2-7-25-21(30)12-3-5-15-14(9-12)18-19(26-11-27-20(18)29-15)28-13-4-6-16-17(10-13)34-22(23,24)33-16;1-24(22,23)6-2-5-17-15(21)9-3-4-11-10(7-9)12-13(16)18-8-19-14(12)20-11/h4,6,10-12H,2-3,5,7-9H2,1H3,(H,25,30)(H2,26,27,28,29);8-9H,2-7H2,1H3,(H,17,21)(H,18,19,20). The summed E-state index contributed by atoms with van der Waals surface area (Å²) in [6.45, 7) is 0.662. The van der Waals surface area contributed by atoms with Gasteiger partial charge in [0.25, 0.3) is 0 Å². The van der Waals surface area contributed by atoms with E-state index >= 15 is 0 Å². The summed E-state index contributed by atoms with van der Waals surface area (Å²) in [5, 5.41) is 10.7. The highest BCUT2D eigenvalue weighted by Gasteiger charge is 2.43. The molecule has 1 aromatic carbocycles. The van der Waals surface area contributed by atoms with Crippen LogP contribution in [0.5, 0.6) is 11.5 Å². The highest BCUT2D eigenvalue weighted by atomic mass is 35.5. The van der Waals surface area contributed by atoms with Crippen LogP contribution in [0.15, 0.2) is 30.9 Å². The molecule has 3 aliphatic rings. The number of carbonyl (C=O) groups is 2. The first-order valence-corrected chi connectivity index (χ1v) is 23.3. The van der Waals surface area contributed by atoms with Crippen LogP contribution >= 0.6 is 11.6 Å². The first kappa shape index (κ1) is 42.0. The number of rotatable bonds is 12. The molecule has 59 heavy (non-hydrogen) atoms. The predicted octanol–water partition coefficient (Wildman–Crippen LogP) is 3.95. The number of fused-ring (bicyclic) bond motifs is 7. The summed E-state index contributed by atoms with van der Waals surface area (Å²) in [4.78, 5) is 48.5. The molecule has 2 aliphatic carbocycles. The first-order valence-electron chi connectivity index (χ1n) is 18.8. The number of carbonyl (C=O) groups excluding carboxylic acids is 2. The second-order valence-corrected chi connectivity index (χ2v) is 19.8. The maximum Gasteiger partial charge on any atom is 0.586 e. The molecule has 2 atom stereocenters. The molecule has 5 aromatic rings. The number of H-pyrrole nitrogens is 2. The van der Waals surface area contributed by atoms with Crippen LogP contribution in [0, 0.1) is 11.8 Å². The summed E-state index contributed by atoms with van der Waals surface area (Å²) < 4.78 is 80.4. The van der Waals surface area contributed by atoms with E-state index in [1.165, 1.54) is 37.3 Å². The number of aromatic amines is 2. The zero-order valence-electron chi connectivity index (χ0n) is 32.0. The van der Waals surface area contributed by atoms with Crippen LogP contribution in [0.3, 0.4) is 0 Å². The number of anilines is 2. The van der Waals surface area contributed by atoms with Crippen LogP contribution < -0.4 is 25.4 Å². The number of halogens is 3. The molecule has 2 unspecified atom stereocenters. The van der Waals surface area contributed by atoms with Gasteiger partial charge in [-0.25, -0.2) is 36.8 Å². The number of aryl methyl sites for hydroxylation is 2. The zero-order valence-corrected chi connectivity index (χ0v) is 34.4. The molecule has 1 aliphatic heterocycles. The van der Waals surface area contributed by atoms with Gasteiger partial charge in [0.05, 0.1) is 22.3 Å². The quantitative estimate of drug-likeness (QED) is 0.0883. The molecule has 0 saturated carbocycles. The zero-order chi connectivity index (χ0) is 42.1. The predicted molar refractivity (Wildman–Crippen MR) is 214 cm³/mol. The van der Waals surface area contributed by atoms with E-state index in [1.807, 2.05) is 0 Å². The Bertz CT molecular complexity index is 2640. The second-order valence-electron chi connectivity index (χ2n) is 14.9. The number of hydrogen-bond acceptors (Lipinski definition) is 13. The van der Waals surface area contributed by atoms with Crippen LogP contribution in [0.4, 0.5) is 20.3 Å². The Hall–Kier alpha value is -5.15. The topological polar surface area (TPSA) is 240 Å². The summed E-state index contributed by atoms with van der Waals surface area (Å²) >= 11 is 6.18. The molecule has 8 rings (SSSR count). The Morgan fingerprint density at radius 3 is 1.90 bits per heavy atom. The first-order chi connectivity index (χ1) is 27.9. The molecular weight excluding hydrogens is 836 g/mol. The summed E-state index contributed by atoms with van der Waals surface area (Å²) in [5.41, 5.74) is 5.73. The SMILES string of the molecule is CS(=O)(=O)CCCNC(=O)C1CCc2[nH]c3ncnc(Cl)c3c2C1.CS(=O)(=O)CCCNC(=O)C1CCc2[nH]c3ncnc(Nc4ccc5c(c4)OC(F)(F)O5)c3c2C1. The summed E-state index contributed by atoms with van der Waals surface area (Å²) in [6, 6.07) is 4.35. The number of benzene rings is 1. The number of alkyl halides is 2. The van der Waals surface area contributed by atoms with Crippen molar-refractivity contribution in [3.8, 4) is 11.5 Å². The van der Waals surface area contributed by atoms with E-state index in [9.17, 15) is 35.2 Å². The van der Waals surface area contributed by atoms with Crippen molar-refractivity contribution in [1.29, 1.82) is 0 Å². The maximum absolute atomic E-state index is 13.4. The van der Waals surface area contributed by atoms with Crippen molar-refractivity contribution in [3.05, 3.63) is 58.5 Å². The molecule has 0 fully saturated rings. The van der Waals surface area contributed by atoms with Gasteiger partial charge in [-0.3, -0.25) is 9.59 Å². The van der Waals surface area contributed by atoms with Crippen molar-refractivity contribution in [2.75, 3.05) is 42.4 Å². The van der Waals surface area contributed by atoms with E-state index in [2.05, 4.69) is 55.3 Å². The van der Waals surface area contributed by atoms with E-state index in [0.29, 0.717) is 79.6 Å². The van der Waals surface area contributed by atoms with Gasteiger partial charge < -0.3 is 35.4 Å². The third-order valence-corrected chi connectivity index (χ3v) is 12.6. The highest BCUT2D eigenvalue weighted by molar-refractivity contribution is 7.90. The molecule has 0 saturated heterocycles. The molecule has 5 N–H and O–H groups in total. The van der Waals surface area contributed by atoms with Gasteiger partial charge >= 0.3 is 6.29 Å². The van der Waals surface area contributed by atoms with E-state index in [1.54, 1.807) is 6.07 Å². The van der Waals surface area contributed by atoms with E-state index in [0.717, 1.165) is 46.1 Å². The van der Waals surface area contributed by atoms with Gasteiger partial charge in [0.2, 0.25) is 11.8 Å². The molecule has 17 nitrogen and oxygen atoms in total. The van der Waals surface area contributed by atoms with E-state index in [-0.39, 0.29) is 46.7 Å². The molecule has 0 radical (unpaired) electrons. The molecule has 2 amide bonds. The molecule has 316 valence electrons. The Morgan fingerprint density at radius 1 is 0.797 bits per heavy atom. The fraction of sp³-hybridized carbons (Fsp3) is 0.459. The van der Waals surface area contributed by atoms with Crippen LogP contribution in [0.1, 0.15) is 48.2 Å². The third-order valence-electron chi connectivity index (χ3n) is 10.3. The molecular formula is C37H42ClF2N9O8S2. The highest BCUT2D eigenvalue weighted by Crippen LogP contribution is 2.43. The molecule has 5 heterocycles. The number of ether oxygens (including phenoxy) is 2. The summed E-state index contributed by atoms with van der Waals surface area (Å²) in [5.74, 6) is -0.171. The largest absolute Gasteiger partial charge is 0.586 e. The monoisotopic (exact) mass is 877 g/mol. The Kier molecular flexibility index (Phi) is 12.0. The number of nitrogens with zero attached hydrogens (tertiary/aromatic N) is 4. The fourth-order valence-corrected chi connectivity index (χ4v) is 9.11. The average molecular weight is 878 g/mol. The minimum Gasteiger partial charge on any atom is -0.395 e. The number of aromatic nitrogens is 6. The molecule has 4 aromatic heterocycles. The lowest BCUT2D eigenvalue weighted by Gasteiger charge is -2.22. The Balaban J connectivity index is 0.000000192. The third kappa shape index (κ3) is 10.2. The van der Waals surface area contributed by atoms with Crippen LogP contribution in [0.2, 0.25) is 5.15 Å². The molecule has 22 heteroatoms. The Labute approximate surface area is 342 Å². The van der Waals surface area contributed by atoms with Gasteiger partial charge in [0.1, 0.15) is 54.6 Å². The van der Waals surface area contributed by atoms with Gasteiger partial charge in [0, 0.05) is 60.6 Å². The number of amides is 2. The smallest absolute Gasteiger partial charge is 0.395 e. The number of nitrogens with one attached hydrogen (secondary N) is 5. The molecule has 0 spiro atoms. The van der Waals surface area contributed by atoms with Crippen molar-refractivity contribution < 1.29 is 44.7 Å². The minimum absolute atomic E-state index is 0.0222. The van der Waals surface area contributed by atoms with Crippen LogP contribution in [-0.4, -0.2) is 102 Å². The summed E-state index contributed by atoms with van der Waals surface area (Å²) in [6.07, 6.45) is 6.07. The van der Waals surface area contributed by atoms with Crippen molar-refractivity contribution in [2.45, 2.75) is 57.7 Å². The van der Waals surface area contributed by atoms with Gasteiger partial charge in [-0.2, -0.15) is 0 Å². The minimum atomic E-state index is -3.71. The lowest BCUT2D eigenvalue weighted by Crippen LogP contribution is -2.35. The average Bonchev–Trinajstić information content (AvgIpc) is 3.84. The molecule has 0 bridgehead atoms. The van der Waals surface area contributed by atoms with Crippen molar-refractivity contribution in [1.82, 2.24) is 40.5 Å². The number of hydrogen-bond donors (Lipinski definition) is 5.